The van der Waals surface area contributed by atoms with E-state index < -0.39 is 0 Å². The van der Waals surface area contributed by atoms with Crippen LogP contribution in [0.25, 0.3) is 0 Å². The number of nitrogens with one attached hydrogen (secondary N) is 1. The molecule has 6 heteroatoms. The van der Waals surface area contributed by atoms with Gasteiger partial charge in [-0.15, -0.1) is 11.8 Å². The predicted molar refractivity (Wildman–Crippen MR) is 104 cm³/mol. The van der Waals surface area contributed by atoms with E-state index in [9.17, 15) is 9.18 Å². The summed E-state index contributed by atoms with van der Waals surface area (Å²) in [6.07, 6.45) is 1.66. The van der Waals surface area contributed by atoms with Crippen LogP contribution in [0.2, 0.25) is 0 Å². The molecular weight excluding hydrogens is 363 g/mol. The average molecular weight is 384 g/mol. The van der Waals surface area contributed by atoms with Gasteiger partial charge in [0.1, 0.15) is 22.4 Å². The summed E-state index contributed by atoms with van der Waals surface area (Å²) in [6, 6.07) is 11.6. The Hall–Kier alpha value is -2.60. The van der Waals surface area contributed by atoms with Crippen LogP contribution in [0.3, 0.4) is 0 Å². The number of carbonyl (C=O) groups excluding carboxylic acids is 1. The van der Waals surface area contributed by atoms with Crippen LogP contribution in [0.4, 0.5) is 4.39 Å². The summed E-state index contributed by atoms with van der Waals surface area (Å²) in [5, 5.41) is 3.66. The molecule has 140 valence electrons. The zero-order valence-corrected chi connectivity index (χ0v) is 16.3. The second-order valence-electron chi connectivity index (χ2n) is 6.33. The van der Waals surface area contributed by atoms with Crippen LogP contribution in [-0.2, 0) is 5.75 Å². The minimum atomic E-state index is -0.264. The van der Waals surface area contributed by atoms with Crippen molar-refractivity contribution in [3.63, 3.8) is 0 Å². The van der Waals surface area contributed by atoms with E-state index in [1.165, 1.54) is 23.9 Å². The zero-order valence-electron chi connectivity index (χ0n) is 15.5. The molecule has 3 aromatic rings. The molecule has 0 aliphatic rings. The summed E-state index contributed by atoms with van der Waals surface area (Å²) in [5.74, 6) is 1.78. The van der Waals surface area contributed by atoms with Gasteiger partial charge < -0.3 is 9.73 Å². The first-order valence-electron chi connectivity index (χ1n) is 8.64. The summed E-state index contributed by atoms with van der Waals surface area (Å²) < 4.78 is 18.6. The fraction of sp³-hybridized carbons (Fsp3) is 0.238. The van der Waals surface area contributed by atoms with Crippen LogP contribution in [0.5, 0.6) is 0 Å². The number of pyridine rings is 1. The molecule has 0 saturated carbocycles. The Labute approximate surface area is 162 Å². The van der Waals surface area contributed by atoms with Crippen molar-refractivity contribution in [1.82, 2.24) is 10.3 Å². The monoisotopic (exact) mass is 384 g/mol. The third-order valence-electron chi connectivity index (χ3n) is 4.20. The molecule has 0 aliphatic carbocycles. The molecule has 4 nitrogen and oxygen atoms in total. The summed E-state index contributed by atoms with van der Waals surface area (Å²) >= 11 is 1.45. The van der Waals surface area contributed by atoms with Crippen LogP contribution in [0.15, 0.2) is 58.1 Å². The molecule has 1 unspecified atom stereocenters. The van der Waals surface area contributed by atoms with Gasteiger partial charge in [-0.1, -0.05) is 12.1 Å². The largest absolute Gasteiger partial charge is 0.466 e. The normalized spacial score (nSPS) is 12.0. The number of furan rings is 1. The van der Waals surface area contributed by atoms with Crippen LogP contribution >= 0.6 is 11.8 Å². The molecule has 27 heavy (non-hydrogen) atoms. The van der Waals surface area contributed by atoms with Crippen molar-refractivity contribution in [2.75, 3.05) is 0 Å². The van der Waals surface area contributed by atoms with E-state index in [1.54, 1.807) is 30.5 Å². The number of thioether (sulfide) groups is 1. The molecule has 2 heterocycles. The Kier molecular flexibility index (Phi) is 5.96. The summed E-state index contributed by atoms with van der Waals surface area (Å²) in [4.78, 5) is 17.1. The van der Waals surface area contributed by atoms with Gasteiger partial charge in [0.15, 0.2) is 0 Å². The van der Waals surface area contributed by atoms with Gasteiger partial charge in [-0.25, -0.2) is 9.37 Å². The fourth-order valence-electron chi connectivity index (χ4n) is 2.84. The lowest BCUT2D eigenvalue weighted by molar-refractivity contribution is 0.0936. The minimum Gasteiger partial charge on any atom is -0.466 e. The SMILES string of the molecule is Cc1cc(C(C)NC(=O)c2cccnc2SCc2ccc(F)cc2)c(C)o1. The Bertz CT molecular complexity index is 938. The lowest BCUT2D eigenvalue weighted by atomic mass is 10.1. The first kappa shape index (κ1) is 19.2. The molecule has 1 atom stereocenters. The Balaban J connectivity index is 1.71. The number of hydrogen-bond donors (Lipinski definition) is 1. The van der Waals surface area contributed by atoms with E-state index in [0.717, 1.165) is 22.6 Å². The van der Waals surface area contributed by atoms with E-state index in [2.05, 4.69) is 10.3 Å². The van der Waals surface area contributed by atoms with Gasteiger partial charge in [0.25, 0.3) is 5.91 Å². The Morgan fingerprint density at radius 3 is 2.67 bits per heavy atom. The van der Waals surface area contributed by atoms with Crippen molar-refractivity contribution in [3.05, 3.63) is 82.7 Å². The number of aryl methyl sites for hydroxylation is 2. The quantitative estimate of drug-likeness (QED) is 0.593. The number of amides is 1. The average Bonchev–Trinajstić information content (AvgIpc) is 3.00. The molecule has 1 aromatic carbocycles. The number of halogens is 1. The molecule has 1 amide bonds. The molecular formula is C21H21FN2O2S. The summed E-state index contributed by atoms with van der Waals surface area (Å²) in [7, 11) is 0. The van der Waals surface area contributed by atoms with Gasteiger partial charge in [0.05, 0.1) is 11.6 Å². The number of rotatable bonds is 6. The Morgan fingerprint density at radius 2 is 2.00 bits per heavy atom. The lowest BCUT2D eigenvalue weighted by Gasteiger charge is -2.14. The van der Waals surface area contributed by atoms with E-state index in [1.807, 2.05) is 26.8 Å². The van der Waals surface area contributed by atoms with Crippen molar-refractivity contribution in [2.24, 2.45) is 0 Å². The molecule has 0 saturated heterocycles. The number of hydrogen-bond acceptors (Lipinski definition) is 4. The van der Waals surface area contributed by atoms with E-state index in [-0.39, 0.29) is 17.8 Å². The van der Waals surface area contributed by atoms with E-state index in [4.69, 9.17) is 4.42 Å². The predicted octanol–water partition coefficient (Wildman–Crippen LogP) is 5.21. The molecule has 0 fully saturated rings. The van der Waals surface area contributed by atoms with Gasteiger partial charge in [-0.3, -0.25) is 4.79 Å². The lowest BCUT2D eigenvalue weighted by Crippen LogP contribution is -2.27. The highest BCUT2D eigenvalue weighted by atomic mass is 32.2. The topological polar surface area (TPSA) is 55.1 Å². The second kappa shape index (κ2) is 8.39. The minimum absolute atomic E-state index is 0.176. The molecule has 0 bridgehead atoms. The molecule has 0 aliphatic heterocycles. The van der Waals surface area contributed by atoms with Crippen molar-refractivity contribution >= 4 is 17.7 Å². The fourth-order valence-corrected chi connectivity index (χ4v) is 3.79. The summed E-state index contributed by atoms with van der Waals surface area (Å²) in [6.45, 7) is 5.70. The molecule has 0 radical (unpaired) electrons. The first-order valence-corrected chi connectivity index (χ1v) is 9.62. The highest BCUT2D eigenvalue weighted by Gasteiger charge is 2.18. The number of aromatic nitrogens is 1. The van der Waals surface area contributed by atoms with Crippen LogP contribution in [0.1, 0.15) is 46.0 Å². The first-order chi connectivity index (χ1) is 12.9. The number of carbonyl (C=O) groups is 1. The molecule has 2 aromatic heterocycles. The number of nitrogens with zero attached hydrogens (tertiary/aromatic N) is 1. The van der Waals surface area contributed by atoms with Crippen LogP contribution in [-0.4, -0.2) is 10.9 Å². The van der Waals surface area contributed by atoms with Crippen LogP contribution in [0, 0.1) is 19.7 Å². The summed E-state index contributed by atoms with van der Waals surface area (Å²) in [5.41, 5.74) is 2.45. The van der Waals surface area contributed by atoms with Crippen molar-refractivity contribution in [2.45, 2.75) is 37.6 Å². The maximum atomic E-state index is 13.0. The van der Waals surface area contributed by atoms with Gasteiger partial charge in [-0.05, 0) is 56.7 Å². The van der Waals surface area contributed by atoms with Crippen molar-refractivity contribution in [3.8, 4) is 0 Å². The number of benzene rings is 1. The molecule has 0 spiro atoms. The van der Waals surface area contributed by atoms with E-state index in [0.29, 0.717) is 16.3 Å². The van der Waals surface area contributed by atoms with E-state index >= 15 is 0 Å². The van der Waals surface area contributed by atoms with Crippen molar-refractivity contribution < 1.29 is 13.6 Å². The zero-order chi connectivity index (χ0) is 19.4. The van der Waals surface area contributed by atoms with Gasteiger partial charge in [0, 0.05) is 17.5 Å². The molecule has 1 N–H and O–H groups in total. The van der Waals surface area contributed by atoms with Crippen LogP contribution < -0.4 is 5.32 Å². The van der Waals surface area contributed by atoms with Gasteiger partial charge >= 0.3 is 0 Å². The molecule has 3 rings (SSSR count). The smallest absolute Gasteiger partial charge is 0.254 e. The Morgan fingerprint density at radius 1 is 1.26 bits per heavy atom. The third-order valence-corrected chi connectivity index (χ3v) is 5.27. The third kappa shape index (κ3) is 4.77. The highest BCUT2D eigenvalue weighted by Crippen LogP contribution is 2.26. The standard InChI is InChI=1S/C21H21FN2O2S/c1-13-11-19(15(3)26-13)14(2)24-20(25)18-5-4-10-23-21(18)27-12-16-6-8-17(22)9-7-16/h4-11,14H,12H2,1-3H3,(H,24,25). The van der Waals surface area contributed by atoms with Gasteiger partial charge in [-0.2, -0.15) is 0 Å². The van der Waals surface area contributed by atoms with Gasteiger partial charge in [0.2, 0.25) is 0 Å². The maximum Gasteiger partial charge on any atom is 0.254 e. The second-order valence-corrected chi connectivity index (χ2v) is 7.30. The highest BCUT2D eigenvalue weighted by molar-refractivity contribution is 7.98. The van der Waals surface area contributed by atoms with Crippen molar-refractivity contribution in [1.29, 1.82) is 0 Å². The maximum absolute atomic E-state index is 13.0.